The van der Waals surface area contributed by atoms with Crippen LogP contribution in [-0.2, 0) is 0 Å². The van der Waals surface area contributed by atoms with E-state index in [1.165, 1.54) is 12.1 Å². The summed E-state index contributed by atoms with van der Waals surface area (Å²) in [4.78, 5) is 0. The summed E-state index contributed by atoms with van der Waals surface area (Å²) in [6, 6.07) is 2.41. The highest BCUT2D eigenvalue weighted by Gasteiger charge is 2.21. The molecule has 18 heavy (non-hydrogen) atoms. The lowest BCUT2D eigenvalue weighted by Gasteiger charge is -2.26. The normalized spacial score (nSPS) is 14.9. The Morgan fingerprint density at radius 1 is 1.28 bits per heavy atom. The fourth-order valence-electron chi connectivity index (χ4n) is 1.80. The maximum atomic E-state index is 13.4. The highest BCUT2D eigenvalue weighted by atomic mass is 35.5. The van der Waals surface area contributed by atoms with Crippen LogP contribution in [0.5, 0.6) is 0 Å². The van der Waals surface area contributed by atoms with Crippen LogP contribution in [0.4, 0.5) is 4.39 Å². The fourth-order valence-corrected chi connectivity index (χ4v) is 2.50. The molecule has 0 saturated carbocycles. The lowest BCUT2D eigenvalue weighted by Crippen LogP contribution is -2.38. The van der Waals surface area contributed by atoms with Gasteiger partial charge in [-0.1, -0.05) is 37.0 Å². The Labute approximate surface area is 117 Å². The van der Waals surface area contributed by atoms with E-state index in [2.05, 4.69) is 5.32 Å². The molecule has 0 spiro atoms. The molecule has 0 aliphatic heterocycles. The lowest BCUT2D eigenvalue weighted by molar-refractivity contribution is 0.201. The number of aliphatic hydroxyl groups is 1. The van der Waals surface area contributed by atoms with Crippen LogP contribution in [0, 0.1) is 11.7 Å². The van der Waals surface area contributed by atoms with E-state index in [0.29, 0.717) is 10.6 Å². The van der Waals surface area contributed by atoms with Gasteiger partial charge in [0, 0.05) is 22.7 Å². The van der Waals surface area contributed by atoms with Gasteiger partial charge in [-0.05, 0) is 25.0 Å². The van der Waals surface area contributed by atoms with Crippen LogP contribution in [0.1, 0.15) is 32.4 Å². The zero-order valence-corrected chi connectivity index (χ0v) is 12.2. The molecule has 0 radical (unpaired) electrons. The van der Waals surface area contributed by atoms with Gasteiger partial charge in [-0.25, -0.2) is 4.39 Å². The van der Waals surface area contributed by atoms with Crippen molar-refractivity contribution >= 4 is 23.2 Å². The van der Waals surface area contributed by atoms with Gasteiger partial charge in [0.25, 0.3) is 0 Å². The van der Waals surface area contributed by atoms with Crippen LogP contribution in [0.2, 0.25) is 10.0 Å². The summed E-state index contributed by atoms with van der Waals surface area (Å²) in [5.41, 5.74) is 0.525. The third kappa shape index (κ3) is 3.58. The van der Waals surface area contributed by atoms with Crippen molar-refractivity contribution in [3.63, 3.8) is 0 Å². The topological polar surface area (TPSA) is 32.3 Å². The highest BCUT2D eigenvalue weighted by molar-refractivity contribution is 6.36. The number of rotatable bonds is 5. The molecular weight excluding hydrogens is 276 g/mol. The maximum absolute atomic E-state index is 13.4. The fraction of sp³-hybridized carbons (Fsp3) is 0.538. The van der Waals surface area contributed by atoms with Crippen LogP contribution < -0.4 is 5.32 Å². The molecule has 0 aromatic heterocycles. The average Bonchev–Trinajstić information content (AvgIpc) is 2.31. The largest absolute Gasteiger partial charge is 0.395 e. The molecule has 0 aliphatic carbocycles. The van der Waals surface area contributed by atoms with Crippen molar-refractivity contribution in [2.45, 2.75) is 32.9 Å². The van der Waals surface area contributed by atoms with Gasteiger partial charge in [0.2, 0.25) is 0 Å². The second-order valence-electron chi connectivity index (χ2n) is 4.68. The van der Waals surface area contributed by atoms with Gasteiger partial charge in [0.15, 0.2) is 0 Å². The van der Waals surface area contributed by atoms with E-state index in [-0.39, 0.29) is 29.6 Å². The smallest absolute Gasteiger partial charge is 0.142 e. The first-order chi connectivity index (χ1) is 8.38. The number of aliphatic hydroxyl groups excluding tert-OH is 1. The van der Waals surface area contributed by atoms with Crippen molar-refractivity contribution in [2.24, 2.45) is 5.92 Å². The van der Waals surface area contributed by atoms with Crippen LogP contribution in [-0.4, -0.2) is 17.8 Å². The predicted octanol–water partition coefficient (Wildman–Crippen LogP) is 3.80. The van der Waals surface area contributed by atoms with Gasteiger partial charge in [-0.2, -0.15) is 0 Å². The summed E-state index contributed by atoms with van der Waals surface area (Å²) in [7, 11) is 0. The molecule has 2 nitrogen and oxygen atoms in total. The Morgan fingerprint density at radius 3 is 2.39 bits per heavy atom. The summed E-state index contributed by atoms with van der Waals surface area (Å²) >= 11 is 12.0. The standard InChI is InChI=1S/C13H18Cl2FNO/c1-7(2)11(6-18)17-8(3)12-9(14)4-5-10(16)13(12)15/h4-5,7-8,11,17-18H,6H2,1-3H3/t8?,11-/m1/s1. The molecule has 1 unspecified atom stereocenters. The van der Waals surface area contributed by atoms with Crippen molar-refractivity contribution in [2.75, 3.05) is 6.61 Å². The molecule has 1 aromatic rings. The predicted molar refractivity (Wildman–Crippen MR) is 73.7 cm³/mol. The Kier molecular flexibility index (Phi) is 5.86. The number of benzene rings is 1. The van der Waals surface area contributed by atoms with E-state index in [1.807, 2.05) is 20.8 Å². The van der Waals surface area contributed by atoms with Gasteiger partial charge in [-0.15, -0.1) is 0 Å². The molecule has 0 amide bonds. The summed E-state index contributed by atoms with van der Waals surface area (Å²) in [5, 5.41) is 12.9. The minimum atomic E-state index is -0.491. The van der Waals surface area contributed by atoms with Crippen molar-refractivity contribution < 1.29 is 9.50 Å². The van der Waals surface area contributed by atoms with Gasteiger partial charge >= 0.3 is 0 Å². The second kappa shape index (κ2) is 6.71. The minimum absolute atomic E-state index is 0.00651. The molecule has 1 rings (SSSR count). The van der Waals surface area contributed by atoms with Gasteiger partial charge < -0.3 is 10.4 Å². The molecule has 2 atom stereocenters. The monoisotopic (exact) mass is 293 g/mol. The molecule has 102 valence electrons. The van der Waals surface area contributed by atoms with E-state index in [4.69, 9.17) is 23.2 Å². The molecule has 0 bridgehead atoms. The number of hydrogen-bond donors (Lipinski definition) is 2. The van der Waals surface area contributed by atoms with Gasteiger partial charge in [0.1, 0.15) is 5.82 Å². The zero-order chi connectivity index (χ0) is 13.9. The van der Waals surface area contributed by atoms with Gasteiger partial charge in [0.05, 0.1) is 11.6 Å². The Morgan fingerprint density at radius 2 is 1.89 bits per heavy atom. The number of hydrogen-bond acceptors (Lipinski definition) is 2. The average molecular weight is 294 g/mol. The van der Waals surface area contributed by atoms with Crippen LogP contribution >= 0.6 is 23.2 Å². The molecule has 5 heteroatoms. The van der Waals surface area contributed by atoms with E-state index in [0.717, 1.165) is 0 Å². The molecule has 0 aliphatic rings. The first-order valence-corrected chi connectivity index (χ1v) is 6.64. The van der Waals surface area contributed by atoms with E-state index >= 15 is 0 Å². The Bertz CT molecular complexity index is 412. The lowest BCUT2D eigenvalue weighted by atomic mass is 10.0. The summed E-state index contributed by atoms with van der Waals surface area (Å²) in [6.07, 6.45) is 0. The third-order valence-electron chi connectivity index (χ3n) is 2.98. The third-order valence-corrected chi connectivity index (χ3v) is 3.69. The van der Waals surface area contributed by atoms with E-state index < -0.39 is 5.82 Å². The Balaban J connectivity index is 2.97. The molecular formula is C13H18Cl2FNO. The van der Waals surface area contributed by atoms with E-state index in [1.54, 1.807) is 0 Å². The minimum Gasteiger partial charge on any atom is -0.395 e. The Hall–Kier alpha value is -0.350. The maximum Gasteiger partial charge on any atom is 0.142 e. The van der Waals surface area contributed by atoms with Crippen molar-refractivity contribution in [3.8, 4) is 0 Å². The SMILES string of the molecule is CC(N[C@H](CO)C(C)C)c1c(Cl)ccc(F)c1Cl. The van der Waals surface area contributed by atoms with Crippen LogP contribution in [0.25, 0.3) is 0 Å². The highest BCUT2D eigenvalue weighted by Crippen LogP contribution is 2.32. The summed E-state index contributed by atoms with van der Waals surface area (Å²) < 4.78 is 13.4. The van der Waals surface area contributed by atoms with Crippen molar-refractivity contribution in [1.29, 1.82) is 0 Å². The van der Waals surface area contributed by atoms with Crippen LogP contribution in [0.3, 0.4) is 0 Å². The van der Waals surface area contributed by atoms with Gasteiger partial charge in [-0.3, -0.25) is 0 Å². The first kappa shape index (κ1) is 15.7. The number of nitrogens with one attached hydrogen (secondary N) is 1. The second-order valence-corrected chi connectivity index (χ2v) is 5.46. The zero-order valence-electron chi connectivity index (χ0n) is 10.7. The number of halogens is 3. The molecule has 0 heterocycles. The van der Waals surface area contributed by atoms with Crippen LogP contribution in [0.15, 0.2) is 12.1 Å². The van der Waals surface area contributed by atoms with Crippen molar-refractivity contribution in [1.82, 2.24) is 5.32 Å². The molecule has 1 aromatic carbocycles. The summed E-state index contributed by atoms with van der Waals surface area (Å²) in [6.45, 7) is 5.84. The summed E-state index contributed by atoms with van der Waals surface area (Å²) in [5.74, 6) is -0.238. The molecule has 0 fully saturated rings. The van der Waals surface area contributed by atoms with E-state index in [9.17, 15) is 9.50 Å². The molecule has 0 saturated heterocycles. The quantitative estimate of drug-likeness (QED) is 0.810. The van der Waals surface area contributed by atoms with Crippen molar-refractivity contribution in [3.05, 3.63) is 33.6 Å². The molecule has 2 N–H and O–H groups in total. The first-order valence-electron chi connectivity index (χ1n) is 5.88.